The molecular weight excluding hydrogens is 138 g/mol. The Morgan fingerprint density at radius 1 is 1.55 bits per heavy atom. The van der Waals surface area contributed by atoms with Crippen LogP contribution in [0.2, 0.25) is 0 Å². The van der Waals surface area contributed by atoms with Crippen molar-refractivity contribution in [1.82, 2.24) is 5.32 Å². The van der Waals surface area contributed by atoms with Gasteiger partial charge in [0.05, 0.1) is 6.61 Å². The van der Waals surface area contributed by atoms with Crippen molar-refractivity contribution >= 4 is 0 Å². The Morgan fingerprint density at radius 2 is 2.27 bits per heavy atom. The van der Waals surface area contributed by atoms with Crippen molar-refractivity contribution in [2.24, 2.45) is 5.92 Å². The number of rotatable bonds is 6. The van der Waals surface area contributed by atoms with Crippen LogP contribution in [0.25, 0.3) is 0 Å². The highest BCUT2D eigenvalue weighted by molar-refractivity contribution is 4.72. The molecule has 0 aliphatic heterocycles. The molecule has 0 amide bonds. The second kappa shape index (κ2) is 4.73. The van der Waals surface area contributed by atoms with Gasteiger partial charge in [-0.1, -0.05) is 6.92 Å². The molecule has 1 aliphatic carbocycles. The predicted molar refractivity (Wildman–Crippen MR) is 46.7 cm³/mol. The van der Waals surface area contributed by atoms with Crippen LogP contribution in [0, 0.1) is 5.92 Å². The predicted octanol–water partition coefficient (Wildman–Crippen LogP) is 1.41. The molecule has 0 heterocycles. The van der Waals surface area contributed by atoms with Crippen LogP contribution >= 0.6 is 0 Å². The van der Waals surface area contributed by atoms with Crippen LogP contribution in [0.4, 0.5) is 0 Å². The third kappa shape index (κ3) is 4.38. The van der Waals surface area contributed by atoms with Gasteiger partial charge in [-0.2, -0.15) is 0 Å². The molecule has 1 fully saturated rings. The van der Waals surface area contributed by atoms with Crippen molar-refractivity contribution in [3.63, 3.8) is 0 Å². The summed E-state index contributed by atoms with van der Waals surface area (Å²) in [5, 5.41) is 3.31. The first kappa shape index (κ1) is 9.01. The SMILES string of the molecule is CCNC(C)COCC1CC1. The van der Waals surface area contributed by atoms with Crippen molar-refractivity contribution in [2.75, 3.05) is 19.8 Å². The van der Waals surface area contributed by atoms with E-state index in [9.17, 15) is 0 Å². The van der Waals surface area contributed by atoms with E-state index in [2.05, 4.69) is 19.2 Å². The van der Waals surface area contributed by atoms with Gasteiger partial charge in [-0.25, -0.2) is 0 Å². The van der Waals surface area contributed by atoms with E-state index in [-0.39, 0.29) is 0 Å². The zero-order valence-corrected chi connectivity index (χ0v) is 7.60. The highest BCUT2D eigenvalue weighted by atomic mass is 16.5. The van der Waals surface area contributed by atoms with E-state index in [0.717, 1.165) is 25.7 Å². The second-order valence-corrected chi connectivity index (χ2v) is 3.44. The summed E-state index contributed by atoms with van der Waals surface area (Å²) in [7, 11) is 0. The topological polar surface area (TPSA) is 21.3 Å². The molecule has 0 aromatic heterocycles. The first-order valence-electron chi connectivity index (χ1n) is 4.64. The van der Waals surface area contributed by atoms with Gasteiger partial charge >= 0.3 is 0 Å². The summed E-state index contributed by atoms with van der Waals surface area (Å²) in [6.07, 6.45) is 2.77. The Morgan fingerprint density at radius 3 is 2.82 bits per heavy atom. The van der Waals surface area contributed by atoms with E-state index >= 15 is 0 Å². The Kier molecular flexibility index (Phi) is 3.87. The lowest BCUT2D eigenvalue weighted by Gasteiger charge is -2.11. The standard InChI is InChI=1S/C9H19NO/c1-3-10-8(2)6-11-7-9-4-5-9/h8-10H,3-7H2,1-2H3. The average molecular weight is 157 g/mol. The van der Waals surface area contributed by atoms with Gasteiger partial charge in [0.15, 0.2) is 0 Å². The highest BCUT2D eigenvalue weighted by Gasteiger charge is 2.21. The average Bonchev–Trinajstić information content (AvgIpc) is 2.72. The number of hydrogen-bond donors (Lipinski definition) is 1. The van der Waals surface area contributed by atoms with Crippen LogP contribution in [0.1, 0.15) is 26.7 Å². The molecule has 11 heavy (non-hydrogen) atoms. The van der Waals surface area contributed by atoms with E-state index in [1.54, 1.807) is 0 Å². The van der Waals surface area contributed by atoms with Gasteiger partial charge in [-0.3, -0.25) is 0 Å². The van der Waals surface area contributed by atoms with Gasteiger partial charge in [-0.15, -0.1) is 0 Å². The maximum Gasteiger partial charge on any atom is 0.0617 e. The van der Waals surface area contributed by atoms with Crippen molar-refractivity contribution in [1.29, 1.82) is 0 Å². The van der Waals surface area contributed by atoms with Crippen LogP contribution in [-0.2, 0) is 4.74 Å². The summed E-state index contributed by atoms with van der Waals surface area (Å²) >= 11 is 0. The summed E-state index contributed by atoms with van der Waals surface area (Å²) in [4.78, 5) is 0. The van der Waals surface area contributed by atoms with E-state index < -0.39 is 0 Å². The normalized spacial score (nSPS) is 20.2. The minimum atomic E-state index is 0.513. The van der Waals surface area contributed by atoms with Gasteiger partial charge in [-0.05, 0) is 32.2 Å². The maximum absolute atomic E-state index is 5.51. The lowest BCUT2D eigenvalue weighted by Crippen LogP contribution is -2.30. The summed E-state index contributed by atoms with van der Waals surface area (Å²) in [6, 6.07) is 0.513. The van der Waals surface area contributed by atoms with Gasteiger partial charge in [0.1, 0.15) is 0 Å². The smallest absolute Gasteiger partial charge is 0.0617 e. The molecule has 1 unspecified atom stereocenters. The van der Waals surface area contributed by atoms with Crippen LogP contribution in [0.15, 0.2) is 0 Å². The number of nitrogens with one attached hydrogen (secondary N) is 1. The van der Waals surface area contributed by atoms with Crippen LogP contribution in [-0.4, -0.2) is 25.8 Å². The lowest BCUT2D eigenvalue weighted by atomic mass is 10.3. The van der Waals surface area contributed by atoms with Gasteiger partial charge in [0.25, 0.3) is 0 Å². The molecule has 0 radical (unpaired) electrons. The Labute approximate surface area is 69.3 Å². The minimum absolute atomic E-state index is 0.513. The third-order valence-corrected chi connectivity index (χ3v) is 1.97. The highest BCUT2D eigenvalue weighted by Crippen LogP contribution is 2.28. The third-order valence-electron chi connectivity index (χ3n) is 1.97. The molecule has 1 atom stereocenters. The van der Waals surface area contributed by atoms with Crippen molar-refractivity contribution < 1.29 is 4.74 Å². The van der Waals surface area contributed by atoms with Crippen LogP contribution in [0.5, 0.6) is 0 Å². The molecular formula is C9H19NO. The molecule has 1 N–H and O–H groups in total. The molecule has 1 aliphatic rings. The molecule has 1 saturated carbocycles. The Bertz CT molecular complexity index is 102. The summed E-state index contributed by atoms with van der Waals surface area (Å²) in [5.41, 5.74) is 0. The molecule has 0 aromatic carbocycles. The van der Waals surface area contributed by atoms with Crippen LogP contribution in [0.3, 0.4) is 0 Å². The fourth-order valence-electron chi connectivity index (χ4n) is 1.10. The molecule has 66 valence electrons. The quantitative estimate of drug-likeness (QED) is 0.629. The van der Waals surface area contributed by atoms with Gasteiger partial charge < -0.3 is 10.1 Å². The summed E-state index contributed by atoms with van der Waals surface area (Å²) in [5.74, 6) is 0.892. The van der Waals surface area contributed by atoms with E-state index in [1.165, 1.54) is 12.8 Å². The zero-order chi connectivity index (χ0) is 8.10. The largest absolute Gasteiger partial charge is 0.380 e. The molecule has 0 aromatic rings. The minimum Gasteiger partial charge on any atom is -0.380 e. The second-order valence-electron chi connectivity index (χ2n) is 3.44. The molecule has 0 saturated heterocycles. The van der Waals surface area contributed by atoms with Crippen LogP contribution < -0.4 is 5.32 Å². The maximum atomic E-state index is 5.51. The zero-order valence-electron chi connectivity index (χ0n) is 7.60. The number of likely N-dealkylation sites (N-methyl/N-ethyl adjacent to an activating group) is 1. The summed E-state index contributed by atoms with van der Waals surface area (Å²) < 4.78 is 5.51. The van der Waals surface area contributed by atoms with Gasteiger partial charge in [0, 0.05) is 12.6 Å². The van der Waals surface area contributed by atoms with Gasteiger partial charge in [0.2, 0.25) is 0 Å². The molecule has 1 rings (SSSR count). The van der Waals surface area contributed by atoms with E-state index in [4.69, 9.17) is 4.74 Å². The Balaban J connectivity index is 1.84. The fraction of sp³-hybridized carbons (Fsp3) is 1.00. The molecule has 0 bridgehead atoms. The first-order chi connectivity index (χ1) is 5.33. The Hall–Kier alpha value is -0.0800. The van der Waals surface area contributed by atoms with Crippen molar-refractivity contribution in [3.05, 3.63) is 0 Å². The molecule has 0 spiro atoms. The van der Waals surface area contributed by atoms with Crippen molar-refractivity contribution in [3.8, 4) is 0 Å². The number of hydrogen-bond acceptors (Lipinski definition) is 2. The molecule has 2 nitrogen and oxygen atoms in total. The molecule has 2 heteroatoms. The van der Waals surface area contributed by atoms with E-state index in [1.807, 2.05) is 0 Å². The first-order valence-corrected chi connectivity index (χ1v) is 4.64. The number of ether oxygens (including phenoxy) is 1. The fourth-order valence-corrected chi connectivity index (χ4v) is 1.10. The lowest BCUT2D eigenvalue weighted by molar-refractivity contribution is 0.107. The monoisotopic (exact) mass is 157 g/mol. The van der Waals surface area contributed by atoms with E-state index in [0.29, 0.717) is 6.04 Å². The summed E-state index contributed by atoms with van der Waals surface area (Å²) in [6.45, 7) is 7.17. The van der Waals surface area contributed by atoms with Crippen molar-refractivity contribution in [2.45, 2.75) is 32.7 Å².